The molecule has 0 bridgehead atoms. The summed E-state index contributed by atoms with van der Waals surface area (Å²) < 4.78 is 7.89. The molecule has 0 aliphatic carbocycles. The van der Waals surface area contributed by atoms with E-state index < -0.39 is 0 Å². The fourth-order valence-electron chi connectivity index (χ4n) is 2.38. The second-order valence-corrected chi connectivity index (χ2v) is 5.09. The van der Waals surface area contributed by atoms with E-state index in [-0.39, 0.29) is 11.9 Å². The van der Waals surface area contributed by atoms with Crippen LogP contribution in [0.3, 0.4) is 0 Å². The van der Waals surface area contributed by atoms with Crippen LogP contribution in [0.5, 0.6) is 5.75 Å². The van der Waals surface area contributed by atoms with E-state index in [1.54, 1.807) is 6.92 Å². The molecule has 1 atom stereocenters. The number of ether oxygens (including phenoxy) is 1. The van der Waals surface area contributed by atoms with Crippen molar-refractivity contribution in [3.63, 3.8) is 0 Å². The molecule has 0 radical (unpaired) electrons. The molecule has 0 fully saturated rings. The van der Waals surface area contributed by atoms with E-state index in [0.717, 1.165) is 34.3 Å². The van der Waals surface area contributed by atoms with Crippen molar-refractivity contribution in [3.8, 4) is 5.75 Å². The highest BCUT2D eigenvalue weighted by Gasteiger charge is 2.16. The third kappa shape index (κ3) is 2.37. The molecule has 102 valence electrons. The molecular weight excluding hydrogens is 238 g/mol. The summed E-state index contributed by atoms with van der Waals surface area (Å²) in [6, 6.07) is 5.97. The van der Waals surface area contributed by atoms with Gasteiger partial charge in [0.1, 0.15) is 5.75 Å². The lowest BCUT2D eigenvalue weighted by Gasteiger charge is -2.12. The van der Waals surface area contributed by atoms with Crippen LogP contribution >= 0.6 is 0 Å². The van der Waals surface area contributed by atoms with Crippen LogP contribution in [0.2, 0.25) is 0 Å². The monoisotopic (exact) mass is 259 g/mol. The smallest absolute Gasteiger partial charge is 0.162 e. The zero-order valence-electron chi connectivity index (χ0n) is 12.3. The van der Waals surface area contributed by atoms with Crippen LogP contribution in [0.25, 0.3) is 10.9 Å². The van der Waals surface area contributed by atoms with E-state index in [0.29, 0.717) is 0 Å². The molecule has 0 N–H and O–H groups in total. The molecule has 1 unspecified atom stereocenters. The van der Waals surface area contributed by atoms with Crippen molar-refractivity contribution in [2.24, 2.45) is 7.05 Å². The van der Waals surface area contributed by atoms with Gasteiger partial charge in [0.15, 0.2) is 5.78 Å². The quantitative estimate of drug-likeness (QED) is 0.780. The highest BCUT2D eigenvalue weighted by molar-refractivity contribution is 6.08. The minimum Gasteiger partial charge on any atom is -0.491 e. The number of Topliss-reactive ketones (excluding diaryl/α,β-unsaturated/α-hetero) is 1. The second-order valence-electron chi connectivity index (χ2n) is 5.09. The highest BCUT2D eigenvalue weighted by atomic mass is 16.5. The van der Waals surface area contributed by atoms with Crippen molar-refractivity contribution in [2.45, 2.75) is 40.2 Å². The summed E-state index contributed by atoms with van der Waals surface area (Å²) in [6.45, 7) is 7.74. The van der Waals surface area contributed by atoms with Crippen LogP contribution in [0, 0.1) is 6.92 Å². The number of hydrogen-bond acceptors (Lipinski definition) is 2. The van der Waals surface area contributed by atoms with Crippen molar-refractivity contribution in [3.05, 3.63) is 29.5 Å². The molecule has 1 aromatic carbocycles. The number of hydrogen-bond donors (Lipinski definition) is 0. The van der Waals surface area contributed by atoms with Crippen LogP contribution in [0.1, 0.15) is 43.2 Å². The van der Waals surface area contributed by atoms with Crippen molar-refractivity contribution >= 4 is 16.7 Å². The zero-order chi connectivity index (χ0) is 14.2. The number of ketones is 1. The Kier molecular flexibility index (Phi) is 3.65. The predicted molar refractivity (Wildman–Crippen MR) is 78.0 cm³/mol. The molecule has 1 heterocycles. The van der Waals surface area contributed by atoms with E-state index >= 15 is 0 Å². The summed E-state index contributed by atoms with van der Waals surface area (Å²) in [5, 5.41) is 0.980. The first-order chi connectivity index (χ1) is 8.95. The van der Waals surface area contributed by atoms with Gasteiger partial charge in [-0.25, -0.2) is 0 Å². The first-order valence-electron chi connectivity index (χ1n) is 6.72. The van der Waals surface area contributed by atoms with Gasteiger partial charge in [-0.15, -0.1) is 0 Å². The molecule has 0 saturated heterocycles. The van der Waals surface area contributed by atoms with Crippen LogP contribution in [-0.4, -0.2) is 16.5 Å². The minimum atomic E-state index is 0.101. The Hall–Kier alpha value is -1.77. The van der Waals surface area contributed by atoms with Gasteiger partial charge in [0.05, 0.1) is 6.10 Å². The van der Waals surface area contributed by atoms with Gasteiger partial charge in [0.2, 0.25) is 0 Å². The second kappa shape index (κ2) is 5.08. The van der Waals surface area contributed by atoms with Gasteiger partial charge >= 0.3 is 0 Å². The zero-order valence-corrected chi connectivity index (χ0v) is 12.3. The summed E-state index contributed by atoms with van der Waals surface area (Å²) in [7, 11) is 1.99. The first kappa shape index (κ1) is 13.7. The van der Waals surface area contributed by atoms with E-state index in [2.05, 4.69) is 11.5 Å². The Bertz CT molecular complexity index is 625. The molecule has 3 nitrogen and oxygen atoms in total. The van der Waals surface area contributed by atoms with Gasteiger partial charge in [0.25, 0.3) is 0 Å². The maximum atomic E-state index is 11.8. The average Bonchev–Trinajstić information content (AvgIpc) is 2.61. The molecule has 1 aromatic heterocycles. The molecule has 2 rings (SSSR count). The van der Waals surface area contributed by atoms with Crippen LogP contribution in [-0.2, 0) is 7.05 Å². The summed E-state index contributed by atoms with van der Waals surface area (Å²) in [5.74, 6) is 0.929. The molecular formula is C16H21NO2. The minimum absolute atomic E-state index is 0.101. The van der Waals surface area contributed by atoms with E-state index in [1.807, 2.05) is 39.1 Å². The topological polar surface area (TPSA) is 31.2 Å². The van der Waals surface area contributed by atoms with Crippen LogP contribution < -0.4 is 4.74 Å². The Morgan fingerprint density at radius 3 is 2.68 bits per heavy atom. The SMILES string of the molecule is CCC(C)Oc1ccc2c(c1)c(C(C)=O)c(C)n2C. The van der Waals surface area contributed by atoms with Gasteiger partial charge in [-0.1, -0.05) is 6.92 Å². The lowest BCUT2D eigenvalue weighted by molar-refractivity contribution is 0.101. The summed E-state index contributed by atoms with van der Waals surface area (Å²) >= 11 is 0. The number of rotatable bonds is 4. The summed E-state index contributed by atoms with van der Waals surface area (Å²) in [5.41, 5.74) is 2.87. The molecule has 0 aliphatic rings. The third-order valence-electron chi connectivity index (χ3n) is 3.73. The van der Waals surface area contributed by atoms with Crippen molar-refractivity contribution in [2.75, 3.05) is 0 Å². The van der Waals surface area contributed by atoms with Gasteiger partial charge in [-0.2, -0.15) is 0 Å². The fourth-order valence-corrected chi connectivity index (χ4v) is 2.38. The Morgan fingerprint density at radius 2 is 2.11 bits per heavy atom. The first-order valence-corrected chi connectivity index (χ1v) is 6.72. The average molecular weight is 259 g/mol. The Labute approximate surface area is 114 Å². The number of aromatic nitrogens is 1. The number of benzene rings is 1. The van der Waals surface area contributed by atoms with Crippen LogP contribution in [0.4, 0.5) is 0 Å². The van der Waals surface area contributed by atoms with Crippen molar-refractivity contribution < 1.29 is 9.53 Å². The fraction of sp³-hybridized carbons (Fsp3) is 0.438. The van der Waals surface area contributed by atoms with E-state index in [4.69, 9.17) is 4.74 Å². The molecule has 0 amide bonds. The molecule has 3 heteroatoms. The summed E-state index contributed by atoms with van der Waals surface area (Å²) in [6.07, 6.45) is 1.15. The molecule has 0 saturated carbocycles. The van der Waals surface area contributed by atoms with Gasteiger partial charge in [0, 0.05) is 29.2 Å². The van der Waals surface area contributed by atoms with E-state index in [9.17, 15) is 4.79 Å². The number of fused-ring (bicyclic) bond motifs is 1. The van der Waals surface area contributed by atoms with Gasteiger partial charge in [-0.05, 0) is 45.4 Å². The number of carbonyl (C=O) groups excluding carboxylic acids is 1. The molecule has 0 spiro atoms. The highest BCUT2D eigenvalue weighted by Crippen LogP contribution is 2.29. The number of aryl methyl sites for hydroxylation is 1. The largest absolute Gasteiger partial charge is 0.491 e. The maximum Gasteiger partial charge on any atom is 0.162 e. The lowest BCUT2D eigenvalue weighted by Crippen LogP contribution is -2.09. The normalized spacial score (nSPS) is 12.7. The van der Waals surface area contributed by atoms with Gasteiger partial charge in [-0.3, -0.25) is 4.79 Å². The van der Waals surface area contributed by atoms with Crippen molar-refractivity contribution in [1.29, 1.82) is 0 Å². The number of carbonyl (C=O) groups is 1. The Balaban J connectivity index is 2.58. The molecule has 19 heavy (non-hydrogen) atoms. The molecule has 0 aliphatic heterocycles. The predicted octanol–water partition coefficient (Wildman–Crippen LogP) is 3.87. The molecule has 2 aromatic rings. The van der Waals surface area contributed by atoms with E-state index in [1.165, 1.54) is 0 Å². The summed E-state index contributed by atoms with van der Waals surface area (Å²) in [4.78, 5) is 11.8. The third-order valence-corrected chi connectivity index (χ3v) is 3.73. The number of nitrogens with zero attached hydrogens (tertiary/aromatic N) is 1. The standard InChI is InChI=1S/C16H21NO2/c1-6-10(2)19-13-7-8-15-14(9-13)16(12(4)18)11(3)17(15)5/h7-10H,6H2,1-5H3. The van der Waals surface area contributed by atoms with Gasteiger partial charge < -0.3 is 9.30 Å². The Morgan fingerprint density at radius 1 is 1.42 bits per heavy atom. The lowest BCUT2D eigenvalue weighted by atomic mass is 10.1. The maximum absolute atomic E-state index is 11.8. The van der Waals surface area contributed by atoms with Crippen LogP contribution in [0.15, 0.2) is 18.2 Å². The van der Waals surface area contributed by atoms with Crippen molar-refractivity contribution in [1.82, 2.24) is 4.57 Å².